The highest BCUT2D eigenvalue weighted by molar-refractivity contribution is 7.86. The first-order valence-corrected chi connectivity index (χ1v) is 7.43. The van der Waals surface area contributed by atoms with Gasteiger partial charge in [-0.05, 0) is 18.2 Å². The Morgan fingerprint density at radius 1 is 1.10 bits per heavy atom. The van der Waals surface area contributed by atoms with Gasteiger partial charge in [0.05, 0.1) is 5.69 Å². The monoisotopic (exact) mass is 300 g/mol. The first-order chi connectivity index (χ1) is 9.27. The first-order valence-electron chi connectivity index (χ1n) is 5.99. The number of hydrogen-bond donors (Lipinski definition) is 3. The van der Waals surface area contributed by atoms with Crippen molar-refractivity contribution in [2.75, 3.05) is 10.6 Å². The second kappa shape index (κ2) is 6.49. The molecule has 0 saturated carbocycles. The number of carbonyl (C=O) groups is 2. The van der Waals surface area contributed by atoms with E-state index in [4.69, 9.17) is 4.55 Å². The third kappa shape index (κ3) is 4.32. The topological polar surface area (TPSA) is 113 Å². The van der Waals surface area contributed by atoms with Crippen molar-refractivity contribution in [1.82, 2.24) is 0 Å². The van der Waals surface area contributed by atoms with Crippen molar-refractivity contribution in [2.45, 2.75) is 31.6 Å². The van der Waals surface area contributed by atoms with Crippen molar-refractivity contribution in [2.24, 2.45) is 0 Å². The molecule has 0 fully saturated rings. The summed E-state index contributed by atoms with van der Waals surface area (Å²) in [5.41, 5.74) is 0.254. The van der Waals surface area contributed by atoms with Gasteiger partial charge in [0, 0.05) is 18.5 Å². The van der Waals surface area contributed by atoms with E-state index in [1.54, 1.807) is 13.8 Å². The molecule has 2 amide bonds. The van der Waals surface area contributed by atoms with Crippen LogP contribution in [0, 0.1) is 0 Å². The highest BCUT2D eigenvalue weighted by atomic mass is 32.2. The van der Waals surface area contributed by atoms with E-state index < -0.39 is 20.9 Å². The van der Waals surface area contributed by atoms with E-state index >= 15 is 0 Å². The third-order valence-corrected chi connectivity index (χ3v) is 3.37. The molecule has 0 saturated heterocycles. The second-order valence-electron chi connectivity index (χ2n) is 3.99. The van der Waals surface area contributed by atoms with Crippen LogP contribution in [0.3, 0.4) is 0 Å². The average Bonchev–Trinajstić information content (AvgIpc) is 2.37. The number of carbonyl (C=O) groups excluding carboxylic acids is 2. The maximum atomic E-state index is 11.4. The number of anilines is 2. The molecule has 0 aliphatic carbocycles. The van der Waals surface area contributed by atoms with Gasteiger partial charge in [-0.15, -0.1) is 0 Å². The van der Waals surface area contributed by atoms with E-state index in [1.807, 2.05) is 0 Å². The number of nitrogens with one attached hydrogen (secondary N) is 2. The molecule has 1 rings (SSSR count). The Morgan fingerprint density at radius 3 is 2.15 bits per heavy atom. The van der Waals surface area contributed by atoms with Gasteiger partial charge in [0.2, 0.25) is 11.8 Å². The van der Waals surface area contributed by atoms with E-state index in [2.05, 4.69) is 10.6 Å². The van der Waals surface area contributed by atoms with E-state index in [0.29, 0.717) is 5.69 Å². The van der Waals surface area contributed by atoms with Gasteiger partial charge in [-0.1, -0.05) is 13.8 Å². The standard InChI is InChI=1S/C12H16N2O5S/c1-3-11(15)13-8-5-6-10(20(17,18)19)9(7-8)14-12(16)4-2/h5-7H,3-4H2,1-2H3,(H,13,15)(H,14,16)(H,17,18,19). The minimum absolute atomic E-state index is 0.0757. The number of rotatable bonds is 5. The Balaban J connectivity index is 3.21. The SMILES string of the molecule is CCC(=O)Nc1ccc(S(=O)(=O)O)c(NC(=O)CC)c1. The molecule has 0 heterocycles. The average molecular weight is 300 g/mol. The van der Waals surface area contributed by atoms with Crippen LogP contribution in [0.4, 0.5) is 11.4 Å². The smallest absolute Gasteiger partial charge is 0.296 e. The molecular formula is C12H16N2O5S. The van der Waals surface area contributed by atoms with Crippen LogP contribution in [0.1, 0.15) is 26.7 Å². The van der Waals surface area contributed by atoms with Gasteiger partial charge < -0.3 is 10.6 Å². The van der Waals surface area contributed by atoms with Crippen molar-refractivity contribution in [3.8, 4) is 0 Å². The van der Waals surface area contributed by atoms with Crippen molar-refractivity contribution < 1.29 is 22.6 Å². The first kappa shape index (κ1) is 16.1. The van der Waals surface area contributed by atoms with Gasteiger partial charge in [0.1, 0.15) is 4.90 Å². The zero-order valence-corrected chi connectivity index (χ0v) is 12.0. The predicted molar refractivity (Wildman–Crippen MR) is 74.1 cm³/mol. The normalized spacial score (nSPS) is 10.9. The van der Waals surface area contributed by atoms with Gasteiger partial charge in [-0.25, -0.2) is 0 Å². The molecule has 1 aromatic carbocycles. The fraction of sp³-hybridized carbons (Fsp3) is 0.333. The van der Waals surface area contributed by atoms with Crippen molar-refractivity contribution in [1.29, 1.82) is 0 Å². The van der Waals surface area contributed by atoms with Crippen LogP contribution in [-0.2, 0) is 19.7 Å². The Hall–Kier alpha value is -1.93. The fourth-order valence-electron chi connectivity index (χ4n) is 1.42. The lowest BCUT2D eigenvalue weighted by molar-refractivity contribution is -0.116. The van der Waals surface area contributed by atoms with E-state index in [1.165, 1.54) is 12.1 Å². The van der Waals surface area contributed by atoms with Gasteiger partial charge in [-0.2, -0.15) is 8.42 Å². The molecule has 0 unspecified atom stereocenters. The summed E-state index contributed by atoms with van der Waals surface area (Å²) in [6.45, 7) is 3.27. The molecule has 20 heavy (non-hydrogen) atoms. The summed E-state index contributed by atoms with van der Waals surface area (Å²) < 4.78 is 31.6. The van der Waals surface area contributed by atoms with Crippen LogP contribution < -0.4 is 10.6 Å². The Morgan fingerprint density at radius 2 is 1.65 bits per heavy atom. The zero-order valence-electron chi connectivity index (χ0n) is 11.1. The molecule has 0 aliphatic rings. The third-order valence-electron chi connectivity index (χ3n) is 2.46. The molecule has 0 aromatic heterocycles. The Kier molecular flexibility index (Phi) is 5.23. The maximum Gasteiger partial charge on any atom is 0.296 e. The molecule has 0 spiro atoms. The van der Waals surface area contributed by atoms with Gasteiger partial charge in [0.25, 0.3) is 10.1 Å². The molecule has 0 aliphatic heterocycles. The van der Waals surface area contributed by atoms with Gasteiger partial charge in [-0.3, -0.25) is 14.1 Å². The quantitative estimate of drug-likeness (QED) is 0.715. The summed E-state index contributed by atoms with van der Waals surface area (Å²) in [4.78, 5) is 22.2. The van der Waals surface area contributed by atoms with E-state index in [0.717, 1.165) is 6.07 Å². The summed E-state index contributed by atoms with van der Waals surface area (Å²) in [5.74, 6) is -0.661. The van der Waals surface area contributed by atoms with Crippen molar-refractivity contribution in [3.63, 3.8) is 0 Å². The summed E-state index contributed by atoms with van der Waals surface area (Å²) in [6.07, 6.45) is 0.410. The van der Waals surface area contributed by atoms with Gasteiger partial charge >= 0.3 is 0 Å². The van der Waals surface area contributed by atoms with Crippen molar-refractivity contribution >= 4 is 33.3 Å². The number of benzene rings is 1. The van der Waals surface area contributed by atoms with Crippen molar-refractivity contribution in [3.05, 3.63) is 18.2 Å². The summed E-state index contributed by atoms with van der Waals surface area (Å²) in [6, 6.07) is 3.73. The summed E-state index contributed by atoms with van der Waals surface area (Å²) in [7, 11) is -4.47. The molecule has 3 N–H and O–H groups in total. The summed E-state index contributed by atoms with van der Waals surface area (Å²) in [5, 5.41) is 4.90. The fourth-order valence-corrected chi connectivity index (χ4v) is 2.05. The zero-order chi connectivity index (χ0) is 15.3. The Bertz CT molecular complexity index is 625. The highest BCUT2D eigenvalue weighted by Crippen LogP contribution is 2.25. The van der Waals surface area contributed by atoms with Crippen LogP contribution in [-0.4, -0.2) is 24.8 Å². The maximum absolute atomic E-state index is 11.4. The van der Waals surface area contributed by atoms with E-state index in [-0.39, 0.29) is 24.4 Å². The minimum Gasteiger partial charge on any atom is -0.326 e. The van der Waals surface area contributed by atoms with Crippen LogP contribution in [0.15, 0.2) is 23.1 Å². The molecule has 1 aromatic rings. The van der Waals surface area contributed by atoms with Crippen LogP contribution in [0.25, 0.3) is 0 Å². The van der Waals surface area contributed by atoms with E-state index in [9.17, 15) is 18.0 Å². The van der Waals surface area contributed by atoms with Gasteiger partial charge in [0.15, 0.2) is 0 Å². The lowest BCUT2D eigenvalue weighted by Gasteiger charge is -2.11. The van der Waals surface area contributed by atoms with Crippen LogP contribution in [0.5, 0.6) is 0 Å². The molecular weight excluding hydrogens is 284 g/mol. The lowest BCUT2D eigenvalue weighted by Crippen LogP contribution is -2.15. The minimum atomic E-state index is -4.47. The molecule has 0 radical (unpaired) electrons. The predicted octanol–water partition coefficient (Wildman–Crippen LogP) is 1.63. The number of hydrogen-bond acceptors (Lipinski definition) is 4. The van der Waals surface area contributed by atoms with Crippen LogP contribution >= 0.6 is 0 Å². The molecule has 0 bridgehead atoms. The summed E-state index contributed by atoms with van der Waals surface area (Å²) >= 11 is 0. The second-order valence-corrected chi connectivity index (χ2v) is 5.38. The molecule has 8 heteroatoms. The molecule has 0 atom stereocenters. The lowest BCUT2D eigenvalue weighted by atomic mass is 10.2. The van der Waals surface area contributed by atoms with Crippen LogP contribution in [0.2, 0.25) is 0 Å². The Labute approximate surface area is 117 Å². The molecule has 7 nitrogen and oxygen atoms in total. The largest absolute Gasteiger partial charge is 0.326 e. The molecule has 110 valence electrons. The number of amides is 2. The highest BCUT2D eigenvalue weighted by Gasteiger charge is 2.17.